The molecule has 0 saturated heterocycles. The summed E-state index contributed by atoms with van der Waals surface area (Å²) in [5.74, 6) is 1.00. The van der Waals surface area contributed by atoms with Crippen LogP contribution < -0.4 is 4.74 Å². The van der Waals surface area contributed by atoms with Gasteiger partial charge in [-0.15, -0.1) is 0 Å². The monoisotopic (exact) mass is 152 g/mol. The third-order valence-corrected chi connectivity index (χ3v) is 1.61. The molecule has 11 heavy (non-hydrogen) atoms. The molecule has 0 fully saturated rings. The van der Waals surface area contributed by atoms with Gasteiger partial charge in [-0.1, -0.05) is 25.6 Å². The average Bonchev–Trinajstić information content (AvgIpc) is 1.88. The highest BCUT2D eigenvalue weighted by Crippen LogP contribution is 2.20. The normalized spacial score (nSPS) is 8.64. The molecule has 0 aliphatic rings. The van der Waals surface area contributed by atoms with E-state index in [-0.39, 0.29) is 7.43 Å². The summed E-state index contributed by atoms with van der Waals surface area (Å²) in [6.45, 7) is 4.09. The van der Waals surface area contributed by atoms with Crippen LogP contribution in [0.15, 0.2) is 18.2 Å². The maximum absolute atomic E-state index is 5.18. The van der Waals surface area contributed by atoms with E-state index in [2.05, 4.69) is 0 Å². The van der Waals surface area contributed by atoms with Gasteiger partial charge in [0.2, 0.25) is 0 Å². The lowest BCUT2D eigenvalue weighted by molar-refractivity contribution is 0.408. The molecule has 1 aromatic carbocycles. The van der Waals surface area contributed by atoms with Crippen molar-refractivity contribution < 1.29 is 4.74 Å². The zero-order chi connectivity index (χ0) is 7.56. The van der Waals surface area contributed by atoms with E-state index in [1.807, 2.05) is 32.0 Å². The lowest BCUT2D eigenvalue weighted by atomic mass is 10.1. The van der Waals surface area contributed by atoms with E-state index in [0.29, 0.717) is 0 Å². The topological polar surface area (TPSA) is 9.23 Å². The van der Waals surface area contributed by atoms with Crippen LogP contribution in [0.4, 0.5) is 0 Å². The number of hydrogen-bond acceptors (Lipinski definition) is 1. The van der Waals surface area contributed by atoms with Crippen molar-refractivity contribution in [1.82, 2.24) is 0 Å². The molecule has 1 nitrogen and oxygen atoms in total. The SMILES string of the molecule is C.COc1c(C)cccc1C. The summed E-state index contributed by atoms with van der Waals surface area (Å²) in [6.07, 6.45) is 0. The Labute approximate surface area is 69.0 Å². The molecule has 0 aliphatic heterocycles. The van der Waals surface area contributed by atoms with Crippen molar-refractivity contribution in [1.29, 1.82) is 0 Å². The van der Waals surface area contributed by atoms with E-state index < -0.39 is 0 Å². The largest absolute Gasteiger partial charge is 0.496 e. The van der Waals surface area contributed by atoms with Gasteiger partial charge in [0.05, 0.1) is 7.11 Å². The molecule has 0 saturated carbocycles. The third-order valence-electron chi connectivity index (χ3n) is 1.61. The fraction of sp³-hybridized carbons (Fsp3) is 0.400. The summed E-state index contributed by atoms with van der Waals surface area (Å²) in [7, 11) is 1.70. The highest BCUT2D eigenvalue weighted by atomic mass is 16.5. The van der Waals surface area contributed by atoms with Crippen LogP contribution in [0.2, 0.25) is 0 Å². The second kappa shape index (κ2) is 4.02. The predicted octanol–water partition coefficient (Wildman–Crippen LogP) is 2.95. The minimum Gasteiger partial charge on any atom is -0.496 e. The summed E-state index contributed by atoms with van der Waals surface area (Å²) < 4.78 is 5.18. The molecule has 0 aliphatic carbocycles. The van der Waals surface area contributed by atoms with E-state index in [0.717, 1.165) is 5.75 Å². The van der Waals surface area contributed by atoms with Gasteiger partial charge in [0, 0.05) is 0 Å². The zero-order valence-corrected chi connectivity index (χ0v) is 6.64. The molecule has 0 N–H and O–H groups in total. The van der Waals surface area contributed by atoms with Crippen molar-refractivity contribution in [2.24, 2.45) is 0 Å². The second-order valence-corrected chi connectivity index (χ2v) is 2.43. The van der Waals surface area contributed by atoms with E-state index in [9.17, 15) is 0 Å². The maximum Gasteiger partial charge on any atom is 0.124 e. The van der Waals surface area contributed by atoms with Crippen LogP contribution in [0.5, 0.6) is 5.75 Å². The van der Waals surface area contributed by atoms with Crippen LogP contribution in [0, 0.1) is 13.8 Å². The average molecular weight is 152 g/mol. The van der Waals surface area contributed by atoms with Crippen molar-refractivity contribution in [2.45, 2.75) is 21.3 Å². The predicted molar refractivity (Wildman–Crippen MR) is 49.2 cm³/mol. The first kappa shape index (κ1) is 10.0. The number of benzene rings is 1. The summed E-state index contributed by atoms with van der Waals surface area (Å²) in [6, 6.07) is 6.13. The molecule has 0 heterocycles. The standard InChI is InChI=1S/C9H12O.CH4/c1-7-5-4-6-8(2)9(7)10-3;/h4-6H,1-3H3;1H4. The third kappa shape index (κ3) is 1.97. The molecule has 1 heteroatoms. The van der Waals surface area contributed by atoms with Crippen LogP contribution in [0.1, 0.15) is 18.6 Å². The van der Waals surface area contributed by atoms with Gasteiger partial charge in [0.25, 0.3) is 0 Å². The van der Waals surface area contributed by atoms with Gasteiger partial charge in [-0.25, -0.2) is 0 Å². The number of para-hydroxylation sites is 1. The molecule has 1 rings (SSSR count). The van der Waals surface area contributed by atoms with Crippen LogP contribution in [-0.4, -0.2) is 7.11 Å². The van der Waals surface area contributed by atoms with Crippen LogP contribution in [-0.2, 0) is 0 Å². The molecule has 0 spiro atoms. The van der Waals surface area contributed by atoms with Gasteiger partial charge in [0.1, 0.15) is 5.75 Å². The summed E-state index contributed by atoms with van der Waals surface area (Å²) >= 11 is 0. The highest BCUT2D eigenvalue weighted by Gasteiger charge is 1.98. The maximum atomic E-state index is 5.18. The molecule has 62 valence electrons. The summed E-state index contributed by atoms with van der Waals surface area (Å²) in [5.41, 5.74) is 2.39. The van der Waals surface area contributed by atoms with Crippen LogP contribution >= 0.6 is 0 Å². The lowest BCUT2D eigenvalue weighted by Crippen LogP contribution is -1.89. The first-order chi connectivity index (χ1) is 4.75. The van der Waals surface area contributed by atoms with Gasteiger partial charge < -0.3 is 4.74 Å². The first-order valence-corrected chi connectivity index (χ1v) is 3.36. The van der Waals surface area contributed by atoms with E-state index in [4.69, 9.17) is 4.74 Å². The molecule has 0 aromatic heterocycles. The Bertz CT molecular complexity index is 208. The highest BCUT2D eigenvalue weighted by molar-refractivity contribution is 5.39. The van der Waals surface area contributed by atoms with Crippen LogP contribution in [0.25, 0.3) is 0 Å². The van der Waals surface area contributed by atoms with Gasteiger partial charge in [-0.3, -0.25) is 0 Å². The Balaban J connectivity index is 0.000001000. The molecular weight excluding hydrogens is 136 g/mol. The minimum atomic E-state index is 0. The van der Waals surface area contributed by atoms with E-state index in [1.54, 1.807) is 7.11 Å². The van der Waals surface area contributed by atoms with Gasteiger partial charge in [0.15, 0.2) is 0 Å². The van der Waals surface area contributed by atoms with Gasteiger partial charge in [-0.05, 0) is 25.0 Å². The fourth-order valence-electron chi connectivity index (χ4n) is 1.12. The zero-order valence-electron chi connectivity index (χ0n) is 6.64. The Morgan fingerprint density at radius 2 is 1.55 bits per heavy atom. The Morgan fingerprint density at radius 1 is 1.09 bits per heavy atom. The summed E-state index contributed by atoms with van der Waals surface area (Å²) in [4.78, 5) is 0. The molecule has 1 aromatic rings. The molecular formula is C10H16O. The van der Waals surface area contributed by atoms with Crippen molar-refractivity contribution in [3.8, 4) is 5.75 Å². The number of methoxy groups -OCH3 is 1. The van der Waals surface area contributed by atoms with Crippen molar-refractivity contribution >= 4 is 0 Å². The second-order valence-electron chi connectivity index (χ2n) is 2.43. The number of aryl methyl sites for hydroxylation is 2. The molecule has 0 unspecified atom stereocenters. The van der Waals surface area contributed by atoms with Gasteiger partial charge in [-0.2, -0.15) is 0 Å². The quantitative estimate of drug-likeness (QED) is 0.601. The van der Waals surface area contributed by atoms with E-state index >= 15 is 0 Å². The molecule has 0 amide bonds. The number of ether oxygens (including phenoxy) is 1. The number of hydrogen-bond donors (Lipinski definition) is 0. The minimum absolute atomic E-state index is 0. The Morgan fingerprint density at radius 3 is 1.82 bits per heavy atom. The Kier molecular flexibility index (Phi) is 3.66. The van der Waals surface area contributed by atoms with Crippen molar-refractivity contribution in [3.05, 3.63) is 29.3 Å². The molecule has 0 radical (unpaired) electrons. The first-order valence-electron chi connectivity index (χ1n) is 3.36. The fourth-order valence-corrected chi connectivity index (χ4v) is 1.12. The van der Waals surface area contributed by atoms with Crippen molar-refractivity contribution in [3.63, 3.8) is 0 Å². The summed E-state index contributed by atoms with van der Waals surface area (Å²) in [5, 5.41) is 0. The number of rotatable bonds is 1. The van der Waals surface area contributed by atoms with Gasteiger partial charge >= 0.3 is 0 Å². The smallest absolute Gasteiger partial charge is 0.124 e. The van der Waals surface area contributed by atoms with E-state index in [1.165, 1.54) is 11.1 Å². The van der Waals surface area contributed by atoms with Crippen LogP contribution in [0.3, 0.4) is 0 Å². The molecule has 0 bridgehead atoms. The van der Waals surface area contributed by atoms with Crippen molar-refractivity contribution in [2.75, 3.05) is 7.11 Å². The lowest BCUT2D eigenvalue weighted by Gasteiger charge is -2.06. The Hall–Kier alpha value is -0.980. The molecule has 0 atom stereocenters.